The molecule has 0 N–H and O–H groups in total. The summed E-state index contributed by atoms with van der Waals surface area (Å²) in [7, 11) is 3.37. The van der Waals surface area contributed by atoms with Crippen LogP contribution in [0.5, 0.6) is 11.5 Å². The summed E-state index contributed by atoms with van der Waals surface area (Å²) in [6, 6.07) is 16.4. The number of aryl methyl sites for hydroxylation is 2. The molecule has 133 valence electrons. The van der Waals surface area contributed by atoms with Crippen LogP contribution in [0.15, 0.2) is 48.5 Å². The highest BCUT2D eigenvalue weighted by Crippen LogP contribution is 2.38. The van der Waals surface area contributed by atoms with Gasteiger partial charge in [0.15, 0.2) is 0 Å². The van der Waals surface area contributed by atoms with Crippen LogP contribution in [0, 0.1) is 13.1 Å². The van der Waals surface area contributed by atoms with Crippen molar-refractivity contribution in [1.29, 1.82) is 0 Å². The largest absolute Gasteiger partial charge is 0.497 e. The predicted octanol–water partition coefficient (Wildman–Crippen LogP) is 5.49. The summed E-state index contributed by atoms with van der Waals surface area (Å²) in [5, 5.41) is 0. The van der Waals surface area contributed by atoms with Gasteiger partial charge in [-0.25, -0.2) is 0 Å². The maximum absolute atomic E-state index is 5.31. The fourth-order valence-corrected chi connectivity index (χ4v) is 3.21. The number of rotatable bonds is 6. The summed E-state index contributed by atoms with van der Waals surface area (Å²) in [5.41, 5.74) is 6.76. The minimum absolute atomic E-state index is 0.849. The standard InChI is InChI=1S/C23H24NO2/c1-5-6-19-15-24-16(2)22(17-7-11-20(25-3)12-8-17)23(19)18-9-13-21(26-4)14-10-18/h7-14H,5-6H2,1-4H3. The topological polar surface area (TPSA) is 31.4 Å². The number of aromatic nitrogens is 1. The van der Waals surface area contributed by atoms with Crippen molar-refractivity contribution in [3.05, 3.63) is 66.0 Å². The van der Waals surface area contributed by atoms with Crippen LogP contribution in [-0.2, 0) is 6.42 Å². The average Bonchev–Trinajstić information content (AvgIpc) is 2.69. The molecule has 26 heavy (non-hydrogen) atoms. The van der Waals surface area contributed by atoms with Gasteiger partial charge >= 0.3 is 0 Å². The first kappa shape index (κ1) is 18.0. The summed E-state index contributed by atoms with van der Waals surface area (Å²) in [5.74, 6) is 1.70. The molecule has 3 nitrogen and oxygen atoms in total. The molecule has 3 aromatic rings. The van der Waals surface area contributed by atoms with E-state index in [1.807, 2.05) is 31.2 Å². The van der Waals surface area contributed by atoms with Crippen LogP contribution in [0.3, 0.4) is 0 Å². The third kappa shape index (κ3) is 3.57. The van der Waals surface area contributed by atoms with E-state index in [1.165, 1.54) is 5.56 Å². The minimum atomic E-state index is 0.849. The van der Waals surface area contributed by atoms with Crippen molar-refractivity contribution in [1.82, 2.24) is 4.98 Å². The van der Waals surface area contributed by atoms with Crippen molar-refractivity contribution in [2.45, 2.75) is 26.7 Å². The zero-order valence-corrected chi connectivity index (χ0v) is 15.8. The minimum Gasteiger partial charge on any atom is -0.497 e. The molecule has 1 heterocycles. The molecule has 1 aromatic heterocycles. The molecule has 0 fully saturated rings. The summed E-state index contributed by atoms with van der Waals surface area (Å²) >= 11 is 0. The fraction of sp³-hybridized carbons (Fsp3) is 0.261. The third-order valence-corrected chi connectivity index (χ3v) is 4.53. The van der Waals surface area contributed by atoms with Crippen molar-refractivity contribution in [2.75, 3.05) is 14.2 Å². The highest BCUT2D eigenvalue weighted by Gasteiger charge is 2.16. The van der Waals surface area contributed by atoms with Crippen LogP contribution in [-0.4, -0.2) is 19.2 Å². The van der Waals surface area contributed by atoms with Crippen LogP contribution in [0.4, 0.5) is 0 Å². The van der Waals surface area contributed by atoms with E-state index < -0.39 is 0 Å². The molecule has 0 bridgehead atoms. The van der Waals surface area contributed by atoms with Crippen molar-refractivity contribution in [3.63, 3.8) is 0 Å². The van der Waals surface area contributed by atoms with E-state index >= 15 is 0 Å². The lowest BCUT2D eigenvalue weighted by molar-refractivity contribution is 0.414. The average molecular weight is 346 g/mol. The van der Waals surface area contributed by atoms with Gasteiger partial charge in [-0.3, -0.25) is 4.98 Å². The lowest BCUT2D eigenvalue weighted by Crippen LogP contribution is -1.99. The zero-order valence-electron chi connectivity index (χ0n) is 15.8. The monoisotopic (exact) mass is 346 g/mol. The van der Waals surface area contributed by atoms with Crippen molar-refractivity contribution < 1.29 is 9.47 Å². The normalized spacial score (nSPS) is 10.6. The maximum atomic E-state index is 5.31. The van der Waals surface area contributed by atoms with E-state index in [0.717, 1.165) is 52.3 Å². The van der Waals surface area contributed by atoms with E-state index in [9.17, 15) is 0 Å². The van der Waals surface area contributed by atoms with Crippen LogP contribution in [0.1, 0.15) is 24.6 Å². The Bertz CT molecular complexity index is 868. The highest BCUT2D eigenvalue weighted by molar-refractivity contribution is 5.87. The first-order chi connectivity index (χ1) is 12.7. The molecular weight excluding hydrogens is 322 g/mol. The SMILES string of the molecule is CCCc1[c]nc(C)c(-c2ccc(OC)cc2)c1-c1ccc(OC)cc1. The van der Waals surface area contributed by atoms with Gasteiger partial charge in [-0.15, -0.1) is 0 Å². The Balaban J connectivity index is 2.22. The Morgan fingerprint density at radius 2 is 1.31 bits per heavy atom. The lowest BCUT2D eigenvalue weighted by Gasteiger charge is -2.17. The molecule has 0 saturated carbocycles. The molecular formula is C23H24NO2. The number of hydrogen-bond acceptors (Lipinski definition) is 3. The highest BCUT2D eigenvalue weighted by atomic mass is 16.5. The van der Waals surface area contributed by atoms with Gasteiger partial charge in [0.25, 0.3) is 0 Å². The number of benzene rings is 2. The Morgan fingerprint density at radius 1 is 0.808 bits per heavy atom. The number of hydrogen-bond donors (Lipinski definition) is 0. The van der Waals surface area contributed by atoms with Gasteiger partial charge < -0.3 is 9.47 Å². The number of methoxy groups -OCH3 is 2. The molecule has 0 amide bonds. The molecule has 0 unspecified atom stereocenters. The predicted molar refractivity (Wildman–Crippen MR) is 106 cm³/mol. The van der Waals surface area contributed by atoms with E-state index in [-0.39, 0.29) is 0 Å². The quantitative estimate of drug-likeness (QED) is 0.591. The van der Waals surface area contributed by atoms with Crippen molar-refractivity contribution >= 4 is 0 Å². The second-order valence-corrected chi connectivity index (χ2v) is 6.24. The molecule has 0 aliphatic carbocycles. The maximum Gasteiger partial charge on any atom is 0.118 e. The summed E-state index contributed by atoms with van der Waals surface area (Å²) in [6.45, 7) is 4.22. The van der Waals surface area contributed by atoms with Crippen LogP contribution >= 0.6 is 0 Å². The van der Waals surface area contributed by atoms with Gasteiger partial charge in [0.2, 0.25) is 0 Å². The number of nitrogens with zero attached hydrogens (tertiary/aromatic N) is 1. The van der Waals surface area contributed by atoms with Gasteiger partial charge in [-0.05, 0) is 59.9 Å². The Kier molecular flexibility index (Phi) is 5.57. The second kappa shape index (κ2) is 8.05. The van der Waals surface area contributed by atoms with Crippen molar-refractivity contribution in [3.8, 4) is 33.8 Å². The Morgan fingerprint density at radius 3 is 1.77 bits per heavy atom. The summed E-state index contributed by atoms with van der Waals surface area (Å²) in [6.07, 6.45) is 5.25. The molecule has 0 atom stereocenters. The van der Waals surface area contributed by atoms with Crippen LogP contribution in [0.2, 0.25) is 0 Å². The van der Waals surface area contributed by atoms with E-state index in [4.69, 9.17) is 9.47 Å². The smallest absolute Gasteiger partial charge is 0.118 e. The molecule has 3 rings (SSSR count). The molecule has 0 aliphatic rings. The Labute approximate surface area is 155 Å². The molecule has 0 aliphatic heterocycles. The molecule has 3 heteroatoms. The molecule has 0 spiro atoms. The van der Waals surface area contributed by atoms with E-state index in [2.05, 4.69) is 42.4 Å². The van der Waals surface area contributed by atoms with Crippen molar-refractivity contribution in [2.24, 2.45) is 0 Å². The fourth-order valence-electron chi connectivity index (χ4n) is 3.21. The summed E-state index contributed by atoms with van der Waals surface area (Å²) < 4.78 is 10.6. The third-order valence-electron chi connectivity index (χ3n) is 4.53. The van der Waals surface area contributed by atoms with Gasteiger partial charge in [-0.1, -0.05) is 37.6 Å². The zero-order chi connectivity index (χ0) is 18.5. The van der Waals surface area contributed by atoms with Gasteiger partial charge in [0.1, 0.15) is 11.5 Å². The van der Waals surface area contributed by atoms with Gasteiger partial charge in [-0.2, -0.15) is 0 Å². The van der Waals surface area contributed by atoms with Gasteiger partial charge in [0, 0.05) is 11.3 Å². The molecule has 2 aromatic carbocycles. The Hall–Kier alpha value is -2.81. The van der Waals surface area contributed by atoms with E-state index in [1.54, 1.807) is 14.2 Å². The number of pyridine rings is 1. The lowest BCUT2D eigenvalue weighted by atomic mass is 9.89. The van der Waals surface area contributed by atoms with Crippen LogP contribution < -0.4 is 9.47 Å². The first-order valence-corrected chi connectivity index (χ1v) is 8.88. The first-order valence-electron chi connectivity index (χ1n) is 8.88. The van der Waals surface area contributed by atoms with Gasteiger partial charge in [0.05, 0.1) is 20.4 Å². The number of ether oxygens (including phenoxy) is 2. The molecule has 0 saturated heterocycles. The molecule has 1 radical (unpaired) electrons. The van der Waals surface area contributed by atoms with Crippen LogP contribution in [0.25, 0.3) is 22.3 Å². The second-order valence-electron chi connectivity index (χ2n) is 6.24. The summed E-state index contributed by atoms with van der Waals surface area (Å²) in [4.78, 5) is 4.56. The van der Waals surface area contributed by atoms with E-state index in [0.29, 0.717) is 0 Å².